The second-order valence-electron chi connectivity index (χ2n) is 6.89. The number of benzene rings is 2. The molecule has 3 amide bonds. The van der Waals surface area contributed by atoms with Crippen molar-refractivity contribution in [3.8, 4) is 0 Å². The van der Waals surface area contributed by atoms with Gasteiger partial charge in [-0.25, -0.2) is 0 Å². The van der Waals surface area contributed by atoms with E-state index in [1.54, 1.807) is 24.3 Å². The van der Waals surface area contributed by atoms with Gasteiger partial charge in [-0.3, -0.25) is 19.3 Å². The van der Waals surface area contributed by atoms with E-state index in [9.17, 15) is 14.4 Å². The molecule has 1 atom stereocenters. The molecular formula is C21H23N3O3. The molecule has 2 aromatic rings. The summed E-state index contributed by atoms with van der Waals surface area (Å²) in [6.45, 7) is 7.31. The Hall–Kier alpha value is -3.15. The van der Waals surface area contributed by atoms with Crippen molar-refractivity contribution in [3.05, 3.63) is 58.7 Å². The summed E-state index contributed by atoms with van der Waals surface area (Å²) in [4.78, 5) is 39.2. The van der Waals surface area contributed by atoms with Gasteiger partial charge >= 0.3 is 0 Å². The lowest BCUT2D eigenvalue weighted by Crippen LogP contribution is -2.51. The van der Waals surface area contributed by atoms with Crippen LogP contribution in [-0.2, 0) is 9.59 Å². The summed E-state index contributed by atoms with van der Waals surface area (Å²) < 4.78 is 0. The Morgan fingerprint density at radius 2 is 1.74 bits per heavy atom. The lowest BCUT2D eigenvalue weighted by atomic mass is 10.0. The van der Waals surface area contributed by atoms with Gasteiger partial charge in [0.15, 0.2) is 0 Å². The molecule has 0 radical (unpaired) electrons. The predicted molar refractivity (Wildman–Crippen MR) is 105 cm³/mol. The van der Waals surface area contributed by atoms with E-state index in [2.05, 4.69) is 10.6 Å². The Labute approximate surface area is 158 Å². The third-order valence-corrected chi connectivity index (χ3v) is 4.74. The fourth-order valence-corrected chi connectivity index (χ4v) is 3.60. The van der Waals surface area contributed by atoms with Crippen molar-refractivity contribution in [2.24, 2.45) is 0 Å². The molecular weight excluding hydrogens is 342 g/mol. The predicted octanol–water partition coefficient (Wildman–Crippen LogP) is 2.72. The minimum atomic E-state index is -0.838. The molecule has 0 fully saturated rings. The van der Waals surface area contributed by atoms with E-state index in [4.69, 9.17) is 0 Å². The summed E-state index contributed by atoms with van der Waals surface area (Å²) in [6.07, 6.45) is 0. The summed E-state index contributed by atoms with van der Waals surface area (Å²) in [5.41, 5.74) is 4.58. The van der Waals surface area contributed by atoms with E-state index >= 15 is 0 Å². The number of nitrogens with one attached hydrogen (secondary N) is 2. The molecule has 1 aliphatic heterocycles. The molecule has 1 aliphatic rings. The van der Waals surface area contributed by atoms with Crippen LogP contribution in [0.5, 0.6) is 0 Å². The highest BCUT2D eigenvalue weighted by Gasteiger charge is 2.35. The number of amides is 3. The molecule has 6 heteroatoms. The number of rotatable bonds is 2. The molecule has 3 rings (SSSR count). The molecule has 1 unspecified atom stereocenters. The van der Waals surface area contributed by atoms with Crippen molar-refractivity contribution in [2.75, 3.05) is 16.8 Å². The van der Waals surface area contributed by atoms with E-state index in [1.165, 1.54) is 11.8 Å². The fourth-order valence-electron chi connectivity index (χ4n) is 3.60. The number of carbonyl (C=O) groups excluding carboxylic acids is 3. The number of aryl methyl sites for hydroxylation is 3. The molecule has 27 heavy (non-hydrogen) atoms. The molecule has 6 nitrogen and oxygen atoms in total. The molecule has 0 aliphatic carbocycles. The molecule has 1 heterocycles. The summed E-state index contributed by atoms with van der Waals surface area (Å²) >= 11 is 0. The van der Waals surface area contributed by atoms with Crippen molar-refractivity contribution >= 4 is 29.1 Å². The zero-order chi connectivity index (χ0) is 19.7. The van der Waals surface area contributed by atoms with Crippen molar-refractivity contribution in [1.29, 1.82) is 0 Å². The second-order valence-corrected chi connectivity index (χ2v) is 6.89. The van der Waals surface area contributed by atoms with E-state index in [1.807, 2.05) is 32.9 Å². The van der Waals surface area contributed by atoms with Crippen LogP contribution in [0.15, 0.2) is 36.4 Å². The number of hydrogen-bond donors (Lipinski definition) is 2. The Morgan fingerprint density at radius 3 is 2.37 bits per heavy atom. The van der Waals surface area contributed by atoms with Crippen LogP contribution < -0.4 is 15.5 Å². The third kappa shape index (κ3) is 3.56. The lowest BCUT2D eigenvalue weighted by molar-refractivity contribution is -0.122. The lowest BCUT2D eigenvalue weighted by Gasteiger charge is -2.29. The number of hydrogen-bond acceptors (Lipinski definition) is 3. The zero-order valence-electron chi connectivity index (χ0n) is 15.9. The maximum absolute atomic E-state index is 13.1. The maximum Gasteiger partial charge on any atom is 0.253 e. The van der Waals surface area contributed by atoms with Crippen LogP contribution in [0.1, 0.15) is 34.0 Å². The standard InChI is InChI=1S/C21H23N3O3/c1-12-9-13(2)19(14(3)10-12)23-21(27)18-11-22-20(26)16-7-5-6-8-17(16)24(18)15(4)25/h5-10,18H,11H2,1-4H3,(H,22,26)(H,23,27). The summed E-state index contributed by atoms with van der Waals surface area (Å²) in [5.74, 6) is -0.927. The van der Waals surface area contributed by atoms with Crippen molar-refractivity contribution in [1.82, 2.24) is 5.32 Å². The highest BCUT2D eigenvalue weighted by Crippen LogP contribution is 2.27. The molecule has 2 N–H and O–H groups in total. The molecule has 0 spiro atoms. The largest absolute Gasteiger partial charge is 0.349 e. The first kappa shape index (κ1) is 18.6. The van der Waals surface area contributed by atoms with Gasteiger partial charge in [0.1, 0.15) is 6.04 Å². The van der Waals surface area contributed by atoms with Gasteiger partial charge in [0.2, 0.25) is 11.8 Å². The maximum atomic E-state index is 13.1. The van der Waals surface area contributed by atoms with Crippen molar-refractivity contribution in [2.45, 2.75) is 33.7 Å². The first-order valence-corrected chi connectivity index (χ1v) is 8.85. The summed E-state index contributed by atoms with van der Waals surface area (Å²) in [6, 6.07) is 9.97. The monoisotopic (exact) mass is 365 g/mol. The van der Waals surface area contributed by atoms with Crippen LogP contribution in [0.4, 0.5) is 11.4 Å². The van der Waals surface area contributed by atoms with Crippen molar-refractivity contribution < 1.29 is 14.4 Å². The topological polar surface area (TPSA) is 78.5 Å². The average Bonchev–Trinajstić information content (AvgIpc) is 2.75. The van der Waals surface area contributed by atoms with Crippen LogP contribution >= 0.6 is 0 Å². The highest BCUT2D eigenvalue weighted by molar-refractivity contribution is 6.11. The molecule has 140 valence electrons. The molecule has 0 aromatic heterocycles. The van der Waals surface area contributed by atoms with Gasteiger partial charge < -0.3 is 10.6 Å². The van der Waals surface area contributed by atoms with E-state index in [0.717, 1.165) is 22.4 Å². The zero-order valence-corrected chi connectivity index (χ0v) is 15.9. The van der Waals surface area contributed by atoms with Crippen LogP contribution in [0, 0.1) is 20.8 Å². The van der Waals surface area contributed by atoms with Gasteiger partial charge in [0.25, 0.3) is 5.91 Å². The first-order valence-electron chi connectivity index (χ1n) is 8.85. The first-order chi connectivity index (χ1) is 12.8. The molecule has 2 aromatic carbocycles. The smallest absolute Gasteiger partial charge is 0.253 e. The van der Waals surface area contributed by atoms with E-state index in [0.29, 0.717) is 11.3 Å². The Morgan fingerprint density at radius 1 is 1.11 bits per heavy atom. The van der Waals surface area contributed by atoms with Gasteiger partial charge in [0, 0.05) is 19.2 Å². The molecule has 0 bridgehead atoms. The SMILES string of the molecule is CC(=O)N1c2ccccc2C(=O)NCC1C(=O)Nc1c(C)cc(C)cc1C. The molecule has 0 saturated heterocycles. The van der Waals surface area contributed by atoms with E-state index in [-0.39, 0.29) is 24.3 Å². The third-order valence-electron chi connectivity index (χ3n) is 4.74. The quantitative estimate of drug-likeness (QED) is 0.859. The second kappa shape index (κ2) is 7.23. The Bertz CT molecular complexity index is 913. The van der Waals surface area contributed by atoms with Crippen LogP contribution in [-0.4, -0.2) is 30.3 Å². The fraction of sp³-hybridized carbons (Fsp3) is 0.286. The normalized spacial score (nSPS) is 16.2. The van der Waals surface area contributed by atoms with Crippen LogP contribution in [0.3, 0.4) is 0 Å². The van der Waals surface area contributed by atoms with E-state index < -0.39 is 6.04 Å². The summed E-state index contributed by atoms with van der Waals surface area (Å²) in [5, 5.41) is 5.70. The molecule has 0 saturated carbocycles. The Kier molecular flexibility index (Phi) is 4.99. The number of carbonyl (C=O) groups is 3. The van der Waals surface area contributed by atoms with Crippen LogP contribution in [0.25, 0.3) is 0 Å². The minimum absolute atomic E-state index is 0.0445. The number of nitrogens with zero attached hydrogens (tertiary/aromatic N) is 1. The van der Waals surface area contributed by atoms with Crippen LogP contribution in [0.2, 0.25) is 0 Å². The number of para-hydroxylation sites is 1. The number of anilines is 2. The summed E-state index contributed by atoms with van der Waals surface area (Å²) in [7, 11) is 0. The minimum Gasteiger partial charge on any atom is -0.349 e. The average molecular weight is 365 g/mol. The number of fused-ring (bicyclic) bond motifs is 1. The van der Waals surface area contributed by atoms with Gasteiger partial charge in [-0.2, -0.15) is 0 Å². The Balaban J connectivity index is 1.99. The van der Waals surface area contributed by atoms with Gasteiger partial charge in [-0.15, -0.1) is 0 Å². The van der Waals surface area contributed by atoms with Gasteiger partial charge in [-0.05, 0) is 44.0 Å². The van der Waals surface area contributed by atoms with Gasteiger partial charge in [-0.1, -0.05) is 29.8 Å². The van der Waals surface area contributed by atoms with Crippen molar-refractivity contribution in [3.63, 3.8) is 0 Å². The highest BCUT2D eigenvalue weighted by atomic mass is 16.2. The van der Waals surface area contributed by atoms with Gasteiger partial charge in [0.05, 0.1) is 11.3 Å².